The van der Waals surface area contributed by atoms with Crippen LogP contribution in [0.4, 0.5) is 0 Å². The van der Waals surface area contributed by atoms with Crippen LogP contribution in [0, 0.1) is 0 Å². The highest BCUT2D eigenvalue weighted by molar-refractivity contribution is 5.95. The molecular formula is C29H48N10O4. The zero-order valence-electron chi connectivity index (χ0n) is 25.6. The van der Waals surface area contributed by atoms with E-state index in [-0.39, 0.29) is 36.5 Å². The molecule has 0 heterocycles. The summed E-state index contributed by atoms with van der Waals surface area (Å²) in [5, 5.41) is 9.96. The minimum Gasteiger partial charge on any atom is -0.493 e. The van der Waals surface area contributed by atoms with Gasteiger partial charge >= 0.3 is 0 Å². The second-order valence-corrected chi connectivity index (χ2v) is 11.1. The number of unbranched alkanes of at least 4 members (excludes halogenated alkanes) is 6. The molecule has 0 bridgehead atoms. The number of azide groups is 2. The maximum Gasteiger partial charge on any atom is 0.254 e. The van der Waals surface area contributed by atoms with E-state index in [1.165, 1.54) is 6.92 Å². The molecule has 14 heteroatoms. The first-order valence-electron chi connectivity index (χ1n) is 15.2. The van der Waals surface area contributed by atoms with Gasteiger partial charge in [-0.2, -0.15) is 0 Å². The first kappa shape index (κ1) is 35.5. The van der Waals surface area contributed by atoms with Crippen molar-refractivity contribution in [3.05, 3.63) is 44.1 Å². The molecule has 3 atom stereocenters. The topological polar surface area (TPSA) is 217 Å². The summed E-state index contributed by atoms with van der Waals surface area (Å²) >= 11 is 0. The van der Waals surface area contributed by atoms with Gasteiger partial charge in [0, 0.05) is 60.6 Å². The lowest BCUT2D eigenvalue weighted by Gasteiger charge is -2.37. The van der Waals surface area contributed by atoms with Crippen LogP contribution in [-0.2, 0) is 11.3 Å². The van der Waals surface area contributed by atoms with Gasteiger partial charge in [0.15, 0.2) is 0 Å². The van der Waals surface area contributed by atoms with Crippen LogP contribution in [0.15, 0.2) is 22.4 Å². The summed E-state index contributed by atoms with van der Waals surface area (Å²) in [5.74, 6) is 0.608. The summed E-state index contributed by atoms with van der Waals surface area (Å²) in [7, 11) is 1.77. The monoisotopic (exact) mass is 600 g/mol. The normalized spacial score (nSPS) is 17.7. The molecule has 0 spiro atoms. The SMILES string of the molecule is CC(=O)NCc1c(OCCCCCCN=[N+]=[N-])cc(C(=O)N(C)C2C[C@@H](N)C[C@@H](N)C2)cc1OCCCCCCN=[N+]=[N-]. The summed E-state index contributed by atoms with van der Waals surface area (Å²) < 4.78 is 12.4. The van der Waals surface area contributed by atoms with Gasteiger partial charge in [0.2, 0.25) is 5.91 Å². The van der Waals surface area contributed by atoms with Gasteiger partial charge in [0.05, 0.1) is 25.3 Å². The van der Waals surface area contributed by atoms with Crippen LogP contribution in [0.25, 0.3) is 20.9 Å². The molecule has 0 aromatic heterocycles. The Balaban J connectivity index is 2.24. The Labute approximate surface area is 254 Å². The second kappa shape index (κ2) is 20.2. The van der Waals surface area contributed by atoms with Crippen LogP contribution >= 0.6 is 0 Å². The standard InChI is InChI=1S/C29H48N10O4/c1-21(40)34-20-26-27(42-13-9-5-3-7-11-35-37-32)15-22(16-28(26)43-14-10-6-4-8-12-36-38-33)29(41)39(2)25-18-23(30)17-24(31)19-25/h15-16,23-25H,3-14,17-20,30-31H2,1-2H3,(H,34,40)/t23-,24+,25?. The third-order valence-corrected chi connectivity index (χ3v) is 7.50. The number of nitrogens with zero attached hydrogens (tertiary/aromatic N) is 7. The van der Waals surface area contributed by atoms with Crippen molar-refractivity contribution < 1.29 is 19.1 Å². The molecule has 5 N–H and O–H groups in total. The average molecular weight is 601 g/mol. The first-order chi connectivity index (χ1) is 20.8. The highest BCUT2D eigenvalue weighted by Gasteiger charge is 2.31. The fourth-order valence-corrected chi connectivity index (χ4v) is 5.18. The van der Waals surface area contributed by atoms with Crippen molar-refractivity contribution in [2.24, 2.45) is 21.7 Å². The molecule has 0 saturated heterocycles. The van der Waals surface area contributed by atoms with Gasteiger partial charge in [0.1, 0.15) is 11.5 Å². The molecule has 1 saturated carbocycles. The van der Waals surface area contributed by atoms with E-state index >= 15 is 0 Å². The van der Waals surface area contributed by atoms with Gasteiger partial charge in [-0.1, -0.05) is 35.9 Å². The number of carbonyl (C=O) groups is 2. The zero-order valence-corrected chi connectivity index (χ0v) is 25.6. The van der Waals surface area contributed by atoms with Gasteiger partial charge in [-0.15, -0.1) is 0 Å². The third-order valence-electron chi connectivity index (χ3n) is 7.50. The molecule has 238 valence electrons. The van der Waals surface area contributed by atoms with Crippen molar-refractivity contribution in [1.82, 2.24) is 10.2 Å². The Morgan fingerprint density at radius 2 is 1.37 bits per heavy atom. The highest BCUT2D eigenvalue weighted by Crippen LogP contribution is 2.33. The molecule has 1 unspecified atom stereocenters. The van der Waals surface area contributed by atoms with E-state index in [0.717, 1.165) is 57.8 Å². The van der Waals surface area contributed by atoms with Crippen LogP contribution in [0.3, 0.4) is 0 Å². The van der Waals surface area contributed by atoms with Gasteiger partial charge in [-0.05, 0) is 68.1 Å². The van der Waals surface area contributed by atoms with E-state index in [0.29, 0.717) is 61.8 Å². The van der Waals surface area contributed by atoms with Gasteiger partial charge < -0.3 is 31.2 Å². The van der Waals surface area contributed by atoms with Crippen molar-refractivity contribution in [3.8, 4) is 11.5 Å². The van der Waals surface area contributed by atoms with Crippen LogP contribution in [0.2, 0.25) is 0 Å². The van der Waals surface area contributed by atoms with Crippen molar-refractivity contribution in [3.63, 3.8) is 0 Å². The molecule has 2 rings (SSSR count). The van der Waals surface area contributed by atoms with Gasteiger partial charge in [0.25, 0.3) is 5.91 Å². The molecule has 0 aliphatic heterocycles. The molecule has 1 fully saturated rings. The van der Waals surface area contributed by atoms with Crippen molar-refractivity contribution in [2.75, 3.05) is 33.4 Å². The third kappa shape index (κ3) is 13.4. The molecule has 1 aliphatic rings. The molecule has 0 radical (unpaired) electrons. The van der Waals surface area contributed by atoms with E-state index in [4.69, 9.17) is 32.0 Å². The van der Waals surface area contributed by atoms with Crippen molar-refractivity contribution >= 4 is 11.8 Å². The summed E-state index contributed by atoms with van der Waals surface area (Å²) in [6.07, 6.45) is 8.90. The van der Waals surface area contributed by atoms with Crippen LogP contribution < -0.4 is 26.3 Å². The Kier molecular flexibility index (Phi) is 16.7. The average Bonchev–Trinajstić information content (AvgIpc) is 2.97. The summed E-state index contributed by atoms with van der Waals surface area (Å²) in [6, 6.07) is 3.27. The van der Waals surface area contributed by atoms with Crippen molar-refractivity contribution in [2.45, 2.75) is 102 Å². The van der Waals surface area contributed by atoms with Crippen LogP contribution in [-0.4, -0.2) is 68.2 Å². The molecule has 43 heavy (non-hydrogen) atoms. The lowest BCUT2D eigenvalue weighted by atomic mass is 9.87. The quantitative estimate of drug-likeness (QED) is 0.0799. The van der Waals surface area contributed by atoms with E-state index < -0.39 is 0 Å². The Bertz CT molecular complexity index is 1060. The number of ether oxygens (including phenoxy) is 2. The maximum absolute atomic E-state index is 13.7. The number of benzene rings is 1. The number of hydrogen-bond acceptors (Lipinski definition) is 8. The first-order valence-corrected chi connectivity index (χ1v) is 15.2. The summed E-state index contributed by atoms with van der Waals surface area (Å²) in [4.78, 5) is 32.8. The van der Waals surface area contributed by atoms with Gasteiger partial charge in [-0.25, -0.2) is 0 Å². The molecule has 1 aliphatic carbocycles. The molecular weight excluding hydrogens is 552 g/mol. The predicted molar refractivity (Wildman–Crippen MR) is 166 cm³/mol. The molecule has 2 amide bonds. The van der Waals surface area contributed by atoms with Crippen LogP contribution in [0.1, 0.15) is 93.5 Å². The predicted octanol–water partition coefficient (Wildman–Crippen LogP) is 5.10. The molecule has 1 aromatic carbocycles. The fraction of sp³-hybridized carbons (Fsp3) is 0.724. The minimum atomic E-state index is -0.193. The Morgan fingerprint density at radius 1 is 0.884 bits per heavy atom. The Hall–Kier alpha value is -3.70. The number of amides is 2. The molecule has 14 nitrogen and oxygen atoms in total. The number of carbonyl (C=O) groups excluding carboxylic acids is 2. The molecule has 1 aromatic rings. The number of nitrogens with two attached hydrogens (primary N) is 2. The van der Waals surface area contributed by atoms with Gasteiger partial charge in [-0.3, -0.25) is 9.59 Å². The fourth-order valence-electron chi connectivity index (χ4n) is 5.18. The van der Waals surface area contributed by atoms with E-state index in [1.54, 1.807) is 24.1 Å². The smallest absolute Gasteiger partial charge is 0.254 e. The van der Waals surface area contributed by atoms with E-state index in [1.807, 2.05) is 0 Å². The summed E-state index contributed by atoms with van der Waals surface area (Å²) in [6.45, 7) is 3.41. The van der Waals surface area contributed by atoms with E-state index in [9.17, 15) is 9.59 Å². The van der Waals surface area contributed by atoms with E-state index in [2.05, 4.69) is 25.4 Å². The Morgan fingerprint density at radius 3 is 1.84 bits per heavy atom. The lowest BCUT2D eigenvalue weighted by Crippen LogP contribution is -2.49. The van der Waals surface area contributed by atoms with Crippen LogP contribution in [0.5, 0.6) is 11.5 Å². The lowest BCUT2D eigenvalue weighted by molar-refractivity contribution is -0.119. The largest absolute Gasteiger partial charge is 0.493 e. The number of rotatable bonds is 20. The second-order valence-electron chi connectivity index (χ2n) is 11.1. The zero-order chi connectivity index (χ0) is 31.5. The maximum atomic E-state index is 13.7. The highest BCUT2D eigenvalue weighted by atomic mass is 16.5. The number of hydrogen-bond donors (Lipinski definition) is 3. The summed E-state index contributed by atoms with van der Waals surface area (Å²) in [5.41, 5.74) is 30.4. The van der Waals surface area contributed by atoms with Crippen molar-refractivity contribution in [1.29, 1.82) is 0 Å². The minimum absolute atomic E-state index is 0.0553. The number of nitrogens with one attached hydrogen (secondary N) is 1.